The van der Waals surface area contributed by atoms with Crippen molar-refractivity contribution < 1.29 is 14.6 Å². The van der Waals surface area contributed by atoms with E-state index < -0.39 is 0 Å². The van der Waals surface area contributed by atoms with Crippen LogP contribution in [0.1, 0.15) is 12.8 Å². The molecule has 0 aliphatic heterocycles. The van der Waals surface area contributed by atoms with Gasteiger partial charge < -0.3 is 15.6 Å². The zero-order valence-corrected chi connectivity index (χ0v) is 5.88. The second kappa shape index (κ2) is 6.51. The molecule has 0 heterocycles. The molecule has 0 amide bonds. The summed E-state index contributed by atoms with van der Waals surface area (Å²) in [6.45, 7) is 0.464. The summed E-state index contributed by atoms with van der Waals surface area (Å²) in [5.74, 6) is -0.292. The molecule has 0 unspecified atom stereocenters. The molecule has 4 heteroatoms. The van der Waals surface area contributed by atoms with Crippen LogP contribution in [0, 0.1) is 0 Å². The Morgan fingerprint density at radius 2 is 2.30 bits per heavy atom. The largest absolute Gasteiger partial charge is 0.463 e. The van der Waals surface area contributed by atoms with Gasteiger partial charge >= 0.3 is 5.97 Å². The van der Waals surface area contributed by atoms with Gasteiger partial charge in [0.05, 0.1) is 6.61 Å². The molecule has 3 N–H and O–H groups in total. The highest BCUT2D eigenvalue weighted by atomic mass is 16.5. The Balaban J connectivity index is 3.09. The van der Waals surface area contributed by atoms with E-state index in [9.17, 15) is 4.79 Å². The lowest BCUT2D eigenvalue weighted by atomic mass is 10.3. The van der Waals surface area contributed by atoms with Crippen LogP contribution in [0.3, 0.4) is 0 Å². The van der Waals surface area contributed by atoms with Crippen LogP contribution in [0.4, 0.5) is 0 Å². The molecular weight excluding hydrogens is 134 g/mol. The number of carbonyl (C=O) groups excluding carboxylic acids is 1. The zero-order valence-electron chi connectivity index (χ0n) is 5.88. The Morgan fingerprint density at radius 1 is 1.60 bits per heavy atom. The molecule has 0 bridgehead atoms. The molecule has 4 nitrogen and oxygen atoms in total. The van der Waals surface area contributed by atoms with Gasteiger partial charge in [0, 0.05) is 6.42 Å². The maximum atomic E-state index is 10.6. The fraction of sp³-hybridized carbons (Fsp3) is 0.833. The topological polar surface area (TPSA) is 72.6 Å². The predicted octanol–water partition coefficient (Wildman–Crippen LogP) is -0.739. The number of carbonyl (C=O) groups is 1. The van der Waals surface area contributed by atoms with E-state index in [1.807, 2.05) is 0 Å². The lowest BCUT2D eigenvalue weighted by Crippen LogP contribution is -2.10. The van der Waals surface area contributed by atoms with Gasteiger partial charge in [-0.25, -0.2) is 0 Å². The number of hydrogen-bond donors (Lipinski definition) is 2. The predicted molar refractivity (Wildman–Crippen MR) is 36.3 cm³/mol. The third-order valence-corrected chi connectivity index (χ3v) is 0.939. The third kappa shape index (κ3) is 5.53. The van der Waals surface area contributed by atoms with Crippen LogP contribution < -0.4 is 5.73 Å². The number of hydrogen-bond acceptors (Lipinski definition) is 4. The molecule has 0 aliphatic rings. The lowest BCUT2D eigenvalue weighted by Gasteiger charge is -1.99. The number of nitrogens with two attached hydrogens (primary N) is 1. The van der Waals surface area contributed by atoms with Crippen molar-refractivity contribution in [1.82, 2.24) is 0 Å². The van der Waals surface area contributed by atoms with Crippen molar-refractivity contribution in [2.75, 3.05) is 19.8 Å². The summed E-state index contributed by atoms with van der Waals surface area (Å²) in [5.41, 5.74) is 5.15. The van der Waals surface area contributed by atoms with Gasteiger partial charge in [0.15, 0.2) is 0 Å². The molecule has 0 aromatic carbocycles. The maximum Gasteiger partial charge on any atom is 0.305 e. The van der Waals surface area contributed by atoms with Crippen molar-refractivity contribution in [1.29, 1.82) is 0 Å². The average Bonchev–Trinajstić information content (AvgIpc) is 1.97. The minimum Gasteiger partial charge on any atom is -0.463 e. The molecule has 0 fully saturated rings. The summed E-state index contributed by atoms with van der Waals surface area (Å²) in [6.07, 6.45) is 0.987. The zero-order chi connectivity index (χ0) is 7.82. The fourth-order valence-corrected chi connectivity index (χ4v) is 0.478. The Morgan fingerprint density at radius 3 is 2.80 bits per heavy atom. The molecular formula is C6H13NO3. The van der Waals surface area contributed by atoms with E-state index in [1.54, 1.807) is 0 Å². The van der Waals surface area contributed by atoms with Crippen LogP contribution in [0.2, 0.25) is 0 Å². The molecule has 10 heavy (non-hydrogen) atoms. The highest BCUT2D eigenvalue weighted by molar-refractivity contribution is 5.69. The van der Waals surface area contributed by atoms with Crippen LogP contribution in [0.25, 0.3) is 0 Å². The van der Waals surface area contributed by atoms with Gasteiger partial charge in [-0.2, -0.15) is 0 Å². The summed E-state index contributed by atoms with van der Waals surface area (Å²) in [4.78, 5) is 10.6. The van der Waals surface area contributed by atoms with Crippen molar-refractivity contribution >= 4 is 5.97 Å². The number of rotatable bonds is 5. The van der Waals surface area contributed by atoms with E-state index in [0.29, 0.717) is 19.4 Å². The second-order valence-corrected chi connectivity index (χ2v) is 1.84. The summed E-state index contributed by atoms with van der Waals surface area (Å²) in [5, 5.41) is 8.24. The van der Waals surface area contributed by atoms with Crippen molar-refractivity contribution in [2.45, 2.75) is 12.8 Å². The van der Waals surface area contributed by atoms with E-state index in [-0.39, 0.29) is 19.2 Å². The lowest BCUT2D eigenvalue weighted by molar-refractivity contribution is -0.144. The Labute approximate surface area is 60.0 Å². The van der Waals surface area contributed by atoms with Crippen LogP contribution in [-0.4, -0.2) is 30.8 Å². The molecule has 0 aliphatic carbocycles. The molecule has 0 rings (SSSR count). The molecule has 0 saturated carbocycles. The molecule has 0 saturated heterocycles. The number of esters is 1. The smallest absolute Gasteiger partial charge is 0.305 e. The summed E-state index contributed by atoms with van der Waals surface area (Å²) < 4.78 is 4.55. The monoisotopic (exact) mass is 147 g/mol. The molecule has 0 aromatic rings. The number of aliphatic hydroxyl groups is 1. The van der Waals surface area contributed by atoms with Crippen LogP contribution in [0.5, 0.6) is 0 Å². The number of aliphatic hydroxyl groups excluding tert-OH is 1. The average molecular weight is 147 g/mol. The van der Waals surface area contributed by atoms with E-state index in [0.717, 1.165) is 0 Å². The van der Waals surface area contributed by atoms with E-state index in [1.165, 1.54) is 0 Å². The normalized spacial score (nSPS) is 9.40. The SMILES string of the molecule is NCCCC(=O)OCCO. The minimum atomic E-state index is -0.292. The van der Waals surface area contributed by atoms with E-state index in [2.05, 4.69) is 4.74 Å². The Bertz CT molecular complexity index is 85.0. The second-order valence-electron chi connectivity index (χ2n) is 1.84. The summed E-state index contributed by atoms with van der Waals surface area (Å²) in [7, 11) is 0. The van der Waals surface area contributed by atoms with Gasteiger partial charge in [-0.15, -0.1) is 0 Å². The molecule has 0 atom stereocenters. The third-order valence-electron chi connectivity index (χ3n) is 0.939. The first kappa shape index (κ1) is 9.39. The van der Waals surface area contributed by atoms with Crippen LogP contribution >= 0.6 is 0 Å². The van der Waals surface area contributed by atoms with E-state index in [4.69, 9.17) is 10.8 Å². The summed E-state index contributed by atoms with van der Waals surface area (Å²) in [6, 6.07) is 0. The van der Waals surface area contributed by atoms with Gasteiger partial charge in [0.25, 0.3) is 0 Å². The van der Waals surface area contributed by atoms with Gasteiger partial charge in [-0.3, -0.25) is 4.79 Å². The molecule has 0 aromatic heterocycles. The first-order chi connectivity index (χ1) is 4.81. The minimum absolute atomic E-state index is 0.0867. The van der Waals surface area contributed by atoms with Crippen LogP contribution in [-0.2, 0) is 9.53 Å². The van der Waals surface area contributed by atoms with Crippen LogP contribution in [0.15, 0.2) is 0 Å². The van der Waals surface area contributed by atoms with E-state index >= 15 is 0 Å². The first-order valence-electron chi connectivity index (χ1n) is 3.27. The highest BCUT2D eigenvalue weighted by Crippen LogP contribution is 1.89. The fourth-order valence-electron chi connectivity index (χ4n) is 0.478. The molecule has 60 valence electrons. The maximum absolute atomic E-state index is 10.6. The van der Waals surface area contributed by atoms with Crippen molar-refractivity contribution in [3.63, 3.8) is 0 Å². The van der Waals surface area contributed by atoms with Crippen molar-refractivity contribution in [3.05, 3.63) is 0 Å². The van der Waals surface area contributed by atoms with Gasteiger partial charge in [-0.1, -0.05) is 0 Å². The van der Waals surface area contributed by atoms with Gasteiger partial charge in [0.2, 0.25) is 0 Å². The number of ether oxygens (including phenoxy) is 1. The quantitative estimate of drug-likeness (QED) is 0.502. The first-order valence-corrected chi connectivity index (χ1v) is 3.27. The Hall–Kier alpha value is -0.610. The summed E-state index contributed by atoms with van der Waals surface area (Å²) >= 11 is 0. The van der Waals surface area contributed by atoms with Gasteiger partial charge in [-0.05, 0) is 13.0 Å². The van der Waals surface area contributed by atoms with Gasteiger partial charge in [0.1, 0.15) is 6.61 Å². The molecule has 0 radical (unpaired) electrons. The van der Waals surface area contributed by atoms with Crippen molar-refractivity contribution in [2.24, 2.45) is 5.73 Å². The highest BCUT2D eigenvalue weighted by Gasteiger charge is 1.99. The standard InChI is InChI=1S/C6H13NO3/c7-3-1-2-6(9)10-5-4-8/h8H,1-5,7H2. The Kier molecular flexibility index (Phi) is 6.11. The van der Waals surface area contributed by atoms with Crippen molar-refractivity contribution in [3.8, 4) is 0 Å². The molecule has 0 spiro atoms.